The summed E-state index contributed by atoms with van der Waals surface area (Å²) in [6.07, 6.45) is 3.74. The smallest absolute Gasteiger partial charge is 0.121 e. The molecule has 3 rings (SSSR count). The second kappa shape index (κ2) is 4.83. The first-order valence-corrected chi connectivity index (χ1v) is 6.92. The maximum absolute atomic E-state index is 5.99. The Hall–Kier alpha value is -0.800. The van der Waals surface area contributed by atoms with Gasteiger partial charge in [0, 0.05) is 32.6 Å². The van der Waals surface area contributed by atoms with Gasteiger partial charge >= 0.3 is 0 Å². The quantitative estimate of drug-likeness (QED) is 0.865. The molecule has 1 atom stereocenters. The Kier molecular flexibility index (Phi) is 3.21. The molecule has 0 aromatic carbocycles. The highest BCUT2D eigenvalue weighted by Crippen LogP contribution is 2.45. The highest BCUT2D eigenvalue weighted by atomic mass is 16.3. The molecule has 1 saturated carbocycles. The van der Waals surface area contributed by atoms with E-state index in [-0.39, 0.29) is 0 Å². The molecular formula is C14H22N2O. The Balaban J connectivity index is 1.78. The van der Waals surface area contributed by atoms with Gasteiger partial charge in [0.1, 0.15) is 11.5 Å². The fourth-order valence-corrected chi connectivity index (χ4v) is 2.83. The summed E-state index contributed by atoms with van der Waals surface area (Å²) in [4.78, 5) is 2.60. The molecule has 1 saturated heterocycles. The molecule has 1 aliphatic heterocycles. The van der Waals surface area contributed by atoms with Crippen LogP contribution in [0.5, 0.6) is 0 Å². The Bertz CT molecular complexity index is 364. The van der Waals surface area contributed by atoms with E-state index in [1.807, 2.05) is 0 Å². The minimum Gasteiger partial charge on any atom is -0.464 e. The molecule has 1 aromatic rings. The zero-order valence-electron chi connectivity index (χ0n) is 10.6. The topological polar surface area (TPSA) is 28.4 Å². The van der Waals surface area contributed by atoms with Crippen molar-refractivity contribution in [1.29, 1.82) is 0 Å². The number of rotatable bonds is 4. The van der Waals surface area contributed by atoms with E-state index >= 15 is 0 Å². The molecule has 0 bridgehead atoms. The highest BCUT2D eigenvalue weighted by Gasteiger charge is 2.38. The van der Waals surface area contributed by atoms with Crippen LogP contribution in [-0.2, 0) is 6.42 Å². The molecule has 3 heteroatoms. The van der Waals surface area contributed by atoms with Crippen molar-refractivity contribution in [3.63, 3.8) is 0 Å². The van der Waals surface area contributed by atoms with Crippen molar-refractivity contribution in [3.8, 4) is 0 Å². The van der Waals surface area contributed by atoms with Crippen LogP contribution in [0.1, 0.15) is 37.3 Å². The molecule has 17 heavy (non-hydrogen) atoms. The summed E-state index contributed by atoms with van der Waals surface area (Å²) in [7, 11) is 0. The van der Waals surface area contributed by atoms with E-state index in [1.165, 1.54) is 18.6 Å². The lowest BCUT2D eigenvalue weighted by Crippen LogP contribution is -2.45. The summed E-state index contributed by atoms with van der Waals surface area (Å²) in [5.41, 5.74) is 0. The molecule has 94 valence electrons. The van der Waals surface area contributed by atoms with E-state index in [2.05, 4.69) is 29.3 Å². The molecule has 0 unspecified atom stereocenters. The van der Waals surface area contributed by atoms with Gasteiger partial charge in [-0.25, -0.2) is 0 Å². The molecule has 1 aromatic heterocycles. The SMILES string of the molecule is CCc1ccc([C@H](C2CC2)N2CCNCC2)o1. The molecule has 1 aliphatic carbocycles. The van der Waals surface area contributed by atoms with Crippen LogP contribution in [0.15, 0.2) is 16.5 Å². The summed E-state index contributed by atoms with van der Waals surface area (Å²) >= 11 is 0. The van der Waals surface area contributed by atoms with Gasteiger partial charge in [0.05, 0.1) is 6.04 Å². The standard InChI is InChI=1S/C14H22N2O/c1-2-12-5-6-13(17-12)14(11-3-4-11)16-9-7-15-8-10-16/h5-6,11,14-15H,2-4,7-10H2,1H3/t14-/m0/s1. The fourth-order valence-electron chi connectivity index (χ4n) is 2.83. The van der Waals surface area contributed by atoms with Gasteiger partial charge in [0.2, 0.25) is 0 Å². The molecule has 2 fully saturated rings. The van der Waals surface area contributed by atoms with E-state index in [0.29, 0.717) is 6.04 Å². The second-order valence-corrected chi connectivity index (χ2v) is 5.23. The molecule has 0 radical (unpaired) electrons. The van der Waals surface area contributed by atoms with Crippen LogP contribution >= 0.6 is 0 Å². The molecule has 0 spiro atoms. The Morgan fingerprint density at radius 1 is 1.35 bits per heavy atom. The number of hydrogen-bond acceptors (Lipinski definition) is 3. The molecule has 0 amide bonds. The Morgan fingerprint density at radius 3 is 2.71 bits per heavy atom. The number of hydrogen-bond donors (Lipinski definition) is 1. The van der Waals surface area contributed by atoms with E-state index in [0.717, 1.165) is 44.3 Å². The molecular weight excluding hydrogens is 212 g/mol. The van der Waals surface area contributed by atoms with Crippen molar-refractivity contribution in [2.75, 3.05) is 26.2 Å². The van der Waals surface area contributed by atoms with Crippen LogP contribution in [0.4, 0.5) is 0 Å². The van der Waals surface area contributed by atoms with Crippen molar-refractivity contribution >= 4 is 0 Å². The monoisotopic (exact) mass is 234 g/mol. The first kappa shape index (κ1) is 11.3. The highest BCUT2D eigenvalue weighted by molar-refractivity contribution is 5.14. The lowest BCUT2D eigenvalue weighted by Gasteiger charge is -2.34. The normalized spacial score (nSPS) is 23.8. The third-order valence-corrected chi connectivity index (χ3v) is 3.94. The van der Waals surface area contributed by atoms with Crippen molar-refractivity contribution in [2.45, 2.75) is 32.2 Å². The van der Waals surface area contributed by atoms with Crippen molar-refractivity contribution in [1.82, 2.24) is 10.2 Å². The van der Waals surface area contributed by atoms with Crippen molar-refractivity contribution in [2.24, 2.45) is 5.92 Å². The predicted octanol–water partition coefficient (Wildman–Crippen LogP) is 2.20. The van der Waals surface area contributed by atoms with Gasteiger partial charge in [-0.2, -0.15) is 0 Å². The van der Waals surface area contributed by atoms with Crippen molar-refractivity contribution < 1.29 is 4.42 Å². The summed E-state index contributed by atoms with van der Waals surface area (Å²) in [5, 5.41) is 3.42. The first-order valence-electron chi connectivity index (χ1n) is 6.92. The van der Waals surface area contributed by atoms with Crippen LogP contribution in [0.3, 0.4) is 0 Å². The fraction of sp³-hybridized carbons (Fsp3) is 0.714. The molecule has 2 aliphatic rings. The van der Waals surface area contributed by atoms with Gasteiger partial charge in [-0.05, 0) is 30.9 Å². The first-order chi connectivity index (χ1) is 8.38. The average molecular weight is 234 g/mol. The number of nitrogens with one attached hydrogen (secondary N) is 1. The molecule has 2 heterocycles. The van der Waals surface area contributed by atoms with Crippen LogP contribution < -0.4 is 5.32 Å². The van der Waals surface area contributed by atoms with E-state index in [9.17, 15) is 0 Å². The lowest BCUT2D eigenvalue weighted by molar-refractivity contribution is 0.136. The van der Waals surface area contributed by atoms with Gasteiger partial charge in [0.25, 0.3) is 0 Å². The minimum atomic E-state index is 0.539. The Labute approximate surface area is 103 Å². The number of nitrogens with zero attached hydrogens (tertiary/aromatic N) is 1. The second-order valence-electron chi connectivity index (χ2n) is 5.23. The Morgan fingerprint density at radius 2 is 2.12 bits per heavy atom. The largest absolute Gasteiger partial charge is 0.464 e. The zero-order chi connectivity index (χ0) is 11.7. The molecule has 1 N–H and O–H groups in total. The van der Waals surface area contributed by atoms with Gasteiger partial charge in [-0.15, -0.1) is 0 Å². The van der Waals surface area contributed by atoms with Gasteiger partial charge < -0.3 is 9.73 Å². The van der Waals surface area contributed by atoms with Crippen LogP contribution in [0.2, 0.25) is 0 Å². The predicted molar refractivity (Wildman–Crippen MR) is 68.0 cm³/mol. The summed E-state index contributed by atoms with van der Waals surface area (Å²) in [6, 6.07) is 4.88. The van der Waals surface area contributed by atoms with Crippen LogP contribution in [-0.4, -0.2) is 31.1 Å². The van der Waals surface area contributed by atoms with Gasteiger partial charge in [-0.1, -0.05) is 6.92 Å². The summed E-state index contributed by atoms with van der Waals surface area (Å²) in [6.45, 7) is 6.70. The van der Waals surface area contributed by atoms with Gasteiger partial charge in [0.15, 0.2) is 0 Å². The van der Waals surface area contributed by atoms with Crippen LogP contribution in [0, 0.1) is 5.92 Å². The summed E-state index contributed by atoms with van der Waals surface area (Å²) < 4.78 is 5.99. The van der Waals surface area contributed by atoms with E-state index in [4.69, 9.17) is 4.42 Å². The average Bonchev–Trinajstić information content (AvgIpc) is 3.09. The zero-order valence-corrected chi connectivity index (χ0v) is 10.6. The third kappa shape index (κ3) is 2.40. The van der Waals surface area contributed by atoms with E-state index < -0.39 is 0 Å². The maximum Gasteiger partial charge on any atom is 0.121 e. The number of furan rings is 1. The minimum absolute atomic E-state index is 0.539. The third-order valence-electron chi connectivity index (χ3n) is 3.94. The van der Waals surface area contributed by atoms with Crippen molar-refractivity contribution in [3.05, 3.63) is 23.7 Å². The van der Waals surface area contributed by atoms with Crippen LogP contribution in [0.25, 0.3) is 0 Å². The molecule has 3 nitrogen and oxygen atoms in total. The number of aryl methyl sites for hydroxylation is 1. The maximum atomic E-state index is 5.99. The number of piperazine rings is 1. The van der Waals surface area contributed by atoms with Gasteiger partial charge in [-0.3, -0.25) is 4.90 Å². The summed E-state index contributed by atoms with van der Waals surface area (Å²) in [5.74, 6) is 3.16. The lowest BCUT2D eigenvalue weighted by atomic mass is 10.1. The van der Waals surface area contributed by atoms with E-state index in [1.54, 1.807) is 0 Å².